The Morgan fingerprint density at radius 3 is 2.18 bits per heavy atom. The number of alkyl carbamates (subject to hydrolysis) is 1. The van der Waals surface area contributed by atoms with Crippen LogP contribution in [-0.2, 0) is 14.3 Å². The lowest BCUT2D eigenvalue weighted by Gasteiger charge is -2.19. The molecule has 2 aromatic carbocycles. The fourth-order valence-electron chi connectivity index (χ4n) is 4.26. The minimum atomic E-state index is -0.841. The molecule has 0 radical (unpaired) electrons. The highest BCUT2D eigenvalue weighted by molar-refractivity contribution is 5.79. The van der Waals surface area contributed by atoms with Gasteiger partial charge in [0.1, 0.15) is 6.61 Å². The van der Waals surface area contributed by atoms with Crippen molar-refractivity contribution in [3.63, 3.8) is 0 Å². The highest BCUT2D eigenvalue weighted by Crippen LogP contribution is 2.44. The van der Waals surface area contributed by atoms with Crippen LogP contribution >= 0.6 is 0 Å². The molecule has 0 aromatic heterocycles. The van der Waals surface area contributed by atoms with Gasteiger partial charge in [0.15, 0.2) is 0 Å². The molecular weight excluding hydrogens is 420 g/mol. The number of amides is 2. The van der Waals surface area contributed by atoms with Crippen molar-refractivity contribution >= 4 is 18.0 Å². The van der Waals surface area contributed by atoms with Crippen molar-refractivity contribution in [1.82, 2.24) is 10.6 Å². The molecule has 3 N–H and O–H groups in total. The van der Waals surface area contributed by atoms with Crippen LogP contribution in [0, 0.1) is 5.92 Å². The Morgan fingerprint density at radius 1 is 1.00 bits per heavy atom. The first kappa shape index (κ1) is 24.3. The zero-order valence-electron chi connectivity index (χ0n) is 19.2. The molecule has 0 saturated heterocycles. The number of carbonyl (C=O) groups excluding carboxylic acids is 2. The summed E-state index contributed by atoms with van der Waals surface area (Å²) in [6.07, 6.45) is 0.874. The zero-order valence-corrected chi connectivity index (χ0v) is 19.2. The number of carboxylic acid groups (broad SMARTS) is 1. The molecule has 0 bridgehead atoms. The molecule has 1 aliphatic rings. The summed E-state index contributed by atoms with van der Waals surface area (Å²) in [5.41, 5.74) is 4.64. The van der Waals surface area contributed by atoms with Crippen molar-refractivity contribution < 1.29 is 24.2 Å². The quantitative estimate of drug-likeness (QED) is 0.471. The van der Waals surface area contributed by atoms with E-state index in [0.29, 0.717) is 19.4 Å². The summed E-state index contributed by atoms with van der Waals surface area (Å²) in [4.78, 5) is 35.4. The number of hydrogen-bond donors (Lipinski definition) is 3. The van der Waals surface area contributed by atoms with E-state index in [9.17, 15) is 14.4 Å². The third-order valence-corrected chi connectivity index (χ3v) is 6.07. The van der Waals surface area contributed by atoms with Crippen molar-refractivity contribution in [2.75, 3.05) is 13.2 Å². The summed E-state index contributed by atoms with van der Waals surface area (Å²) < 4.78 is 5.57. The van der Waals surface area contributed by atoms with Crippen molar-refractivity contribution in [3.8, 4) is 11.1 Å². The van der Waals surface area contributed by atoms with Crippen LogP contribution in [0.4, 0.5) is 4.79 Å². The number of benzene rings is 2. The summed E-state index contributed by atoms with van der Waals surface area (Å²) >= 11 is 0. The van der Waals surface area contributed by atoms with Gasteiger partial charge in [-0.2, -0.15) is 0 Å². The molecule has 0 heterocycles. The molecule has 7 heteroatoms. The first-order valence-electron chi connectivity index (χ1n) is 11.5. The maximum absolute atomic E-state index is 12.5. The molecule has 7 nitrogen and oxygen atoms in total. The van der Waals surface area contributed by atoms with Crippen LogP contribution < -0.4 is 10.6 Å². The Morgan fingerprint density at radius 2 is 1.61 bits per heavy atom. The third-order valence-electron chi connectivity index (χ3n) is 6.07. The van der Waals surface area contributed by atoms with Gasteiger partial charge in [-0.3, -0.25) is 9.59 Å². The number of aliphatic carboxylic acids is 1. The average molecular weight is 453 g/mol. The van der Waals surface area contributed by atoms with Crippen LogP contribution in [0.15, 0.2) is 48.5 Å². The van der Waals surface area contributed by atoms with Gasteiger partial charge in [-0.25, -0.2) is 4.79 Å². The molecular formula is C26H32N2O5. The standard InChI is InChI=1S/C26H32N2O5/c1-3-18(15-24(29)27-13-12-17(2)14-25(30)31)28-26(32)33-16-23-21-10-6-4-8-19(21)20-9-5-7-11-22(20)23/h4-11,17-18,23H,3,12-16H2,1-2H3,(H,27,29)(H,28,32)(H,30,31)/t17?,18-/m1/s1. The van der Waals surface area contributed by atoms with Gasteiger partial charge in [-0.1, -0.05) is 62.4 Å². The van der Waals surface area contributed by atoms with Crippen molar-refractivity contribution in [2.24, 2.45) is 5.92 Å². The second kappa shape index (κ2) is 11.5. The summed E-state index contributed by atoms with van der Waals surface area (Å²) in [6, 6.07) is 16.0. The molecule has 2 amide bonds. The van der Waals surface area contributed by atoms with E-state index >= 15 is 0 Å². The molecule has 0 aliphatic heterocycles. The van der Waals surface area contributed by atoms with E-state index in [1.807, 2.05) is 38.1 Å². The van der Waals surface area contributed by atoms with Gasteiger partial charge in [-0.15, -0.1) is 0 Å². The molecule has 3 rings (SSSR count). The number of rotatable bonds is 11. The average Bonchev–Trinajstić information content (AvgIpc) is 3.10. The lowest BCUT2D eigenvalue weighted by atomic mass is 9.98. The van der Waals surface area contributed by atoms with Gasteiger partial charge in [0, 0.05) is 31.3 Å². The summed E-state index contributed by atoms with van der Waals surface area (Å²) in [7, 11) is 0. The Balaban J connectivity index is 1.47. The second-order valence-electron chi connectivity index (χ2n) is 8.62. The first-order valence-corrected chi connectivity index (χ1v) is 11.5. The SMILES string of the molecule is CC[C@H](CC(=O)NCCC(C)CC(=O)O)NC(=O)OCC1c2ccccc2-c2ccccc21. The van der Waals surface area contributed by atoms with E-state index in [4.69, 9.17) is 9.84 Å². The molecule has 1 unspecified atom stereocenters. The van der Waals surface area contributed by atoms with Gasteiger partial charge in [0.25, 0.3) is 0 Å². The molecule has 0 fully saturated rings. The fraction of sp³-hybridized carbons (Fsp3) is 0.423. The normalized spacial score (nSPS) is 14.0. The smallest absolute Gasteiger partial charge is 0.407 e. The van der Waals surface area contributed by atoms with E-state index in [1.165, 1.54) is 11.1 Å². The first-order chi connectivity index (χ1) is 15.9. The summed E-state index contributed by atoms with van der Waals surface area (Å²) in [6.45, 7) is 4.38. The Bertz CT molecular complexity index is 945. The van der Waals surface area contributed by atoms with Gasteiger partial charge < -0.3 is 20.5 Å². The molecule has 0 spiro atoms. The summed E-state index contributed by atoms with van der Waals surface area (Å²) in [5.74, 6) is -1.04. The number of fused-ring (bicyclic) bond motifs is 3. The minimum Gasteiger partial charge on any atom is -0.481 e. The highest BCUT2D eigenvalue weighted by Gasteiger charge is 2.29. The lowest BCUT2D eigenvalue weighted by molar-refractivity contribution is -0.138. The van der Waals surface area contributed by atoms with Gasteiger partial charge in [0.05, 0.1) is 0 Å². The number of carbonyl (C=O) groups is 3. The molecule has 2 atom stereocenters. The predicted molar refractivity (Wildman–Crippen MR) is 126 cm³/mol. The third kappa shape index (κ3) is 6.57. The molecule has 1 aliphatic carbocycles. The lowest BCUT2D eigenvalue weighted by Crippen LogP contribution is -2.39. The van der Waals surface area contributed by atoms with E-state index in [-0.39, 0.29) is 43.2 Å². The largest absolute Gasteiger partial charge is 0.481 e. The zero-order chi connectivity index (χ0) is 23.8. The Kier molecular flexibility index (Phi) is 8.46. The number of carboxylic acids is 1. The van der Waals surface area contributed by atoms with Gasteiger partial charge in [-0.05, 0) is 41.0 Å². The minimum absolute atomic E-state index is 0.0104. The van der Waals surface area contributed by atoms with E-state index in [1.54, 1.807) is 0 Å². The molecule has 2 aromatic rings. The number of ether oxygens (including phenoxy) is 1. The molecule has 176 valence electrons. The van der Waals surface area contributed by atoms with E-state index in [2.05, 4.69) is 34.9 Å². The maximum atomic E-state index is 12.5. The Labute approximate surface area is 194 Å². The predicted octanol–water partition coefficient (Wildman–Crippen LogP) is 4.31. The van der Waals surface area contributed by atoms with Gasteiger partial charge >= 0.3 is 12.1 Å². The fourth-order valence-corrected chi connectivity index (χ4v) is 4.26. The maximum Gasteiger partial charge on any atom is 0.407 e. The van der Waals surface area contributed by atoms with E-state index in [0.717, 1.165) is 11.1 Å². The molecule has 0 saturated carbocycles. The highest BCUT2D eigenvalue weighted by atomic mass is 16.5. The number of nitrogens with one attached hydrogen (secondary N) is 2. The van der Waals surface area contributed by atoms with Crippen molar-refractivity contribution in [2.45, 2.75) is 51.5 Å². The second-order valence-corrected chi connectivity index (χ2v) is 8.62. The van der Waals surface area contributed by atoms with Crippen LogP contribution in [0.3, 0.4) is 0 Å². The van der Waals surface area contributed by atoms with Crippen LogP contribution in [0.1, 0.15) is 56.6 Å². The topological polar surface area (TPSA) is 105 Å². The Hall–Kier alpha value is -3.35. The van der Waals surface area contributed by atoms with Crippen LogP contribution in [0.5, 0.6) is 0 Å². The monoisotopic (exact) mass is 452 g/mol. The summed E-state index contributed by atoms with van der Waals surface area (Å²) in [5, 5.41) is 14.4. The van der Waals surface area contributed by atoms with Crippen LogP contribution in [0.25, 0.3) is 11.1 Å². The van der Waals surface area contributed by atoms with Crippen molar-refractivity contribution in [1.29, 1.82) is 0 Å². The number of hydrogen-bond acceptors (Lipinski definition) is 4. The molecule has 33 heavy (non-hydrogen) atoms. The van der Waals surface area contributed by atoms with Crippen LogP contribution in [0.2, 0.25) is 0 Å². The van der Waals surface area contributed by atoms with Crippen LogP contribution in [-0.4, -0.2) is 42.3 Å². The van der Waals surface area contributed by atoms with E-state index < -0.39 is 12.1 Å². The van der Waals surface area contributed by atoms with Gasteiger partial charge in [0.2, 0.25) is 5.91 Å². The van der Waals surface area contributed by atoms with Crippen molar-refractivity contribution in [3.05, 3.63) is 59.7 Å².